The van der Waals surface area contributed by atoms with Crippen LogP contribution >= 0.6 is 0 Å². The number of aryl methyl sites for hydroxylation is 1. The maximum atomic E-state index is 12.0. The molecule has 1 rings (SSSR count). The summed E-state index contributed by atoms with van der Waals surface area (Å²) in [6, 6.07) is 6.15. The number of amides is 1. The van der Waals surface area contributed by atoms with Gasteiger partial charge in [0.2, 0.25) is 5.91 Å². The number of nitrogens with zero attached hydrogens (tertiary/aromatic N) is 2. The van der Waals surface area contributed by atoms with Crippen LogP contribution in [0.4, 0.5) is 11.4 Å². The molecule has 1 atom stereocenters. The maximum Gasteiger partial charge on any atom is 0.269 e. The van der Waals surface area contributed by atoms with Crippen LogP contribution in [0.5, 0.6) is 0 Å². The molecule has 0 aliphatic rings. The van der Waals surface area contributed by atoms with Gasteiger partial charge in [-0.05, 0) is 31.9 Å². The smallest absolute Gasteiger partial charge is 0.269 e. The van der Waals surface area contributed by atoms with Crippen LogP contribution in [0.2, 0.25) is 0 Å². The van der Waals surface area contributed by atoms with Crippen molar-refractivity contribution in [1.82, 2.24) is 0 Å². The fourth-order valence-corrected chi connectivity index (χ4v) is 1.45. The number of anilines is 1. The molecule has 6 nitrogen and oxygen atoms in total. The monoisotopic (exact) mass is 261 g/mol. The molecule has 1 aromatic rings. The largest absolute Gasteiger partial charge is 0.324 e. The number of rotatable bonds is 4. The Labute approximate surface area is 111 Å². The quantitative estimate of drug-likeness (QED) is 0.665. The summed E-state index contributed by atoms with van der Waals surface area (Å²) < 4.78 is 0. The Morgan fingerprint density at radius 3 is 2.63 bits per heavy atom. The van der Waals surface area contributed by atoms with Crippen LogP contribution in [0.25, 0.3) is 0 Å². The molecule has 0 spiro atoms. The highest BCUT2D eigenvalue weighted by Gasteiger charge is 2.31. The van der Waals surface area contributed by atoms with E-state index < -0.39 is 16.2 Å². The molecule has 0 fully saturated rings. The van der Waals surface area contributed by atoms with E-state index in [2.05, 4.69) is 5.32 Å². The van der Waals surface area contributed by atoms with E-state index in [1.54, 1.807) is 20.8 Å². The van der Waals surface area contributed by atoms with E-state index in [1.807, 2.05) is 6.07 Å². The van der Waals surface area contributed by atoms with Crippen molar-refractivity contribution in [2.24, 2.45) is 5.41 Å². The zero-order valence-corrected chi connectivity index (χ0v) is 11.1. The Kier molecular flexibility index (Phi) is 4.22. The number of carbonyl (C=O) groups excluding carboxylic acids is 1. The number of non-ortho nitro benzene ring substituents is 1. The molecule has 6 heteroatoms. The number of nitro benzene ring substituents is 1. The summed E-state index contributed by atoms with van der Waals surface area (Å²) in [4.78, 5) is 22.1. The van der Waals surface area contributed by atoms with E-state index in [1.165, 1.54) is 18.2 Å². The summed E-state index contributed by atoms with van der Waals surface area (Å²) in [5.74, 6) is -0.408. The zero-order valence-electron chi connectivity index (χ0n) is 11.1. The highest BCUT2D eigenvalue weighted by molar-refractivity contribution is 5.97. The average Bonchev–Trinajstić information content (AvgIpc) is 2.39. The van der Waals surface area contributed by atoms with Gasteiger partial charge in [0.1, 0.15) is 5.41 Å². The third-order valence-electron chi connectivity index (χ3n) is 3.12. The minimum atomic E-state index is -1.10. The van der Waals surface area contributed by atoms with Crippen LogP contribution in [0, 0.1) is 33.8 Å². The van der Waals surface area contributed by atoms with Gasteiger partial charge in [-0.15, -0.1) is 0 Å². The molecular weight excluding hydrogens is 246 g/mol. The van der Waals surface area contributed by atoms with Crippen molar-refractivity contribution in [2.45, 2.75) is 27.2 Å². The fraction of sp³-hybridized carbons (Fsp3) is 0.385. The summed E-state index contributed by atoms with van der Waals surface area (Å²) in [7, 11) is 0. The summed E-state index contributed by atoms with van der Waals surface area (Å²) >= 11 is 0. The molecule has 0 heterocycles. The Morgan fingerprint density at radius 2 is 2.21 bits per heavy atom. The number of carbonyl (C=O) groups is 1. The lowest BCUT2D eigenvalue weighted by molar-refractivity contribution is -0.384. The topological polar surface area (TPSA) is 96.0 Å². The van der Waals surface area contributed by atoms with Crippen LogP contribution in [-0.2, 0) is 4.79 Å². The number of nitriles is 1. The van der Waals surface area contributed by atoms with Gasteiger partial charge in [-0.2, -0.15) is 5.26 Å². The Balaban J connectivity index is 2.99. The van der Waals surface area contributed by atoms with E-state index in [9.17, 15) is 14.9 Å². The van der Waals surface area contributed by atoms with Crippen molar-refractivity contribution in [1.29, 1.82) is 5.26 Å². The fourth-order valence-electron chi connectivity index (χ4n) is 1.45. The van der Waals surface area contributed by atoms with Crippen LogP contribution in [0.1, 0.15) is 25.8 Å². The summed E-state index contributed by atoms with van der Waals surface area (Å²) in [6.07, 6.45) is 0.390. The van der Waals surface area contributed by atoms with Crippen molar-refractivity contribution in [3.63, 3.8) is 0 Å². The molecule has 1 N–H and O–H groups in total. The van der Waals surface area contributed by atoms with Crippen molar-refractivity contribution in [2.75, 3.05) is 5.32 Å². The van der Waals surface area contributed by atoms with Crippen LogP contribution in [0.15, 0.2) is 18.2 Å². The molecule has 19 heavy (non-hydrogen) atoms. The molecule has 0 aliphatic heterocycles. The minimum Gasteiger partial charge on any atom is -0.324 e. The maximum absolute atomic E-state index is 12.0. The minimum absolute atomic E-state index is 0.0333. The number of hydrogen-bond donors (Lipinski definition) is 1. The Bertz CT molecular complexity index is 563. The molecule has 1 amide bonds. The molecule has 0 saturated carbocycles. The Morgan fingerprint density at radius 1 is 1.58 bits per heavy atom. The van der Waals surface area contributed by atoms with Gasteiger partial charge in [-0.25, -0.2) is 0 Å². The van der Waals surface area contributed by atoms with Crippen molar-refractivity contribution in [3.8, 4) is 6.07 Å². The summed E-state index contributed by atoms with van der Waals surface area (Å²) in [5, 5.41) is 22.3. The highest BCUT2D eigenvalue weighted by Crippen LogP contribution is 2.25. The standard InChI is InChI=1S/C13H15N3O3/c1-4-13(3,8-14)12(17)15-11-6-5-10(16(18)19)7-9(11)2/h5-7H,4H2,1-3H3,(H,15,17). The van der Waals surface area contributed by atoms with E-state index >= 15 is 0 Å². The SMILES string of the molecule is CCC(C)(C#N)C(=O)Nc1ccc([N+](=O)[O-])cc1C. The lowest BCUT2D eigenvalue weighted by Crippen LogP contribution is -2.31. The van der Waals surface area contributed by atoms with Gasteiger partial charge in [0.05, 0.1) is 11.0 Å². The van der Waals surface area contributed by atoms with E-state index in [0.29, 0.717) is 17.7 Å². The first-order valence-electron chi connectivity index (χ1n) is 5.82. The highest BCUT2D eigenvalue weighted by atomic mass is 16.6. The number of hydrogen-bond acceptors (Lipinski definition) is 4. The van der Waals surface area contributed by atoms with Crippen molar-refractivity contribution >= 4 is 17.3 Å². The second-order valence-electron chi connectivity index (χ2n) is 4.51. The predicted molar refractivity (Wildman–Crippen MR) is 70.5 cm³/mol. The first-order valence-corrected chi connectivity index (χ1v) is 5.82. The molecule has 1 aromatic carbocycles. The van der Waals surface area contributed by atoms with Crippen LogP contribution in [-0.4, -0.2) is 10.8 Å². The van der Waals surface area contributed by atoms with Gasteiger partial charge in [-0.3, -0.25) is 14.9 Å². The second-order valence-corrected chi connectivity index (χ2v) is 4.51. The lowest BCUT2D eigenvalue weighted by Gasteiger charge is -2.19. The van der Waals surface area contributed by atoms with Gasteiger partial charge in [0, 0.05) is 17.8 Å². The van der Waals surface area contributed by atoms with Gasteiger partial charge in [0.25, 0.3) is 5.69 Å². The molecule has 1 unspecified atom stereocenters. The lowest BCUT2D eigenvalue weighted by atomic mass is 9.88. The van der Waals surface area contributed by atoms with Gasteiger partial charge in [0.15, 0.2) is 0 Å². The normalized spacial score (nSPS) is 13.2. The zero-order chi connectivity index (χ0) is 14.6. The predicted octanol–water partition coefficient (Wildman–Crippen LogP) is 2.78. The molecular formula is C13H15N3O3. The van der Waals surface area contributed by atoms with Gasteiger partial charge >= 0.3 is 0 Å². The first kappa shape index (κ1) is 14.6. The molecule has 100 valence electrons. The first-order chi connectivity index (χ1) is 8.84. The molecule has 0 radical (unpaired) electrons. The van der Waals surface area contributed by atoms with Crippen LogP contribution in [0.3, 0.4) is 0 Å². The van der Waals surface area contributed by atoms with Gasteiger partial charge in [-0.1, -0.05) is 6.92 Å². The van der Waals surface area contributed by atoms with Crippen molar-refractivity contribution < 1.29 is 9.72 Å². The molecule has 0 aromatic heterocycles. The molecule has 0 saturated heterocycles. The third-order valence-corrected chi connectivity index (χ3v) is 3.12. The summed E-state index contributed by atoms with van der Waals surface area (Å²) in [5.41, 5.74) is -0.0766. The number of nitrogens with one attached hydrogen (secondary N) is 1. The van der Waals surface area contributed by atoms with E-state index in [-0.39, 0.29) is 5.69 Å². The second kappa shape index (κ2) is 5.48. The average molecular weight is 261 g/mol. The number of benzene rings is 1. The van der Waals surface area contributed by atoms with Crippen molar-refractivity contribution in [3.05, 3.63) is 33.9 Å². The van der Waals surface area contributed by atoms with Crippen LogP contribution < -0.4 is 5.32 Å². The summed E-state index contributed by atoms with van der Waals surface area (Å²) in [6.45, 7) is 4.98. The Hall–Kier alpha value is -2.42. The third kappa shape index (κ3) is 3.07. The molecule has 0 bridgehead atoms. The van der Waals surface area contributed by atoms with E-state index in [4.69, 9.17) is 5.26 Å². The van der Waals surface area contributed by atoms with Gasteiger partial charge < -0.3 is 5.32 Å². The van der Waals surface area contributed by atoms with E-state index in [0.717, 1.165) is 0 Å². The number of nitro groups is 1. The molecule has 0 aliphatic carbocycles.